The van der Waals surface area contributed by atoms with E-state index in [0.29, 0.717) is 23.4 Å². The van der Waals surface area contributed by atoms with Crippen LogP contribution in [0.15, 0.2) is 82.6 Å². The summed E-state index contributed by atoms with van der Waals surface area (Å²) >= 11 is 2.37. The molecule has 0 radical (unpaired) electrons. The van der Waals surface area contributed by atoms with E-state index < -0.39 is 23.0 Å². The lowest BCUT2D eigenvalue weighted by Gasteiger charge is -2.21. The first-order chi connectivity index (χ1) is 15.6. The number of hydrogen-bond acceptors (Lipinski definition) is 4. The summed E-state index contributed by atoms with van der Waals surface area (Å²) in [5.41, 5.74) is -4.09. The zero-order valence-electron chi connectivity index (χ0n) is 20.6. The minimum Gasteiger partial charge on any atom is -0.319 e. The van der Waals surface area contributed by atoms with E-state index in [0.717, 1.165) is 30.5 Å². The predicted molar refractivity (Wildman–Crippen MR) is 150 cm³/mol. The van der Waals surface area contributed by atoms with Crippen LogP contribution in [0.1, 0.15) is 39.5 Å². The molecule has 0 rings (SSSR count). The maximum atomic E-state index is 14.6. The molecule has 184 valence electrons. The Morgan fingerprint density at radius 1 is 0.882 bits per heavy atom. The summed E-state index contributed by atoms with van der Waals surface area (Å²) in [5, 5.41) is 5.50. The first-order valence-electron chi connectivity index (χ1n) is 10.6. The van der Waals surface area contributed by atoms with Gasteiger partial charge in [-0.3, -0.25) is 9.59 Å². The van der Waals surface area contributed by atoms with Gasteiger partial charge < -0.3 is 10.6 Å². The molecule has 10 heteroatoms. The molecule has 0 aliphatic heterocycles. The highest BCUT2D eigenvalue weighted by molar-refractivity contribution is 8.06. The third kappa shape index (κ3) is 10.4. The number of alkyl halides is 2. The number of halogens is 2. The van der Waals surface area contributed by atoms with E-state index in [1.165, 1.54) is 37.4 Å². The molecule has 0 aromatic heterocycles. The van der Waals surface area contributed by atoms with Crippen LogP contribution in [0.2, 0.25) is 0 Å². The minimum atomic E-state index is -2.28. The number of hydrogen-bond donors (Lipinski definition) is 2. The van der Waals surface area contributed by atoms with E-state index in [-0.39, 0.29) is 10.6 Å². The molecule has 0 fully saturated rings. The molecule has 2 atom stereocenters. The highest BCUT2D eigenvalue weighted by Crippen LogP contribution is 2.30. The van der Waals surface area contributed by atoms with Crippen molar-refractivity contribution in [3.05, 3.63) is 82.6 Å². The third-order valence-corrected chi connectivity index (χ3v) is 6.76. The molecule has 0 aromatic carbocycles. The molecular weight excluding hydrogens is 472 g/mol. The van der Waals surface area contributed by atoms with E-state index in [1.54, 1.807) is 19.9 Å². The number of carbonyl (C=O) groups excluding carboxylic acids is 2. The van der Waals surface area contributed by atoms with E-state index >= 15 is 0 Å². The van der Waals surface area contributed by atoms with Crippen molar-refractivity contribution in [2.45, 2.75) is 50.7 Å². The fourth-order valence-electron chi connectivity index (χ4n) is 2.42. The number of thioether (sulfide) groups is 2. The van der Waals surface area contributed by atoms with E-state index in [2.05, 4.69) is 50.1 Å². The van der Waals surface area contributed by atoms with Gasteiger partial charge in [0, 0.05) is 0 Å². The lowest BCUT2D eigenvalue weighted by molar-refractivity contribution is -0.126. The topological polar surface area (TPSA) is 58.2 Å². The highest BCUT2D eigenvalue weighted by Gasteiger charge is 2.35. The number of rotatable bonds is 16. The fraction of sp³-hybridized carbons (Fsp3) is 0.333. The van der Waals surface area contributed by atoms with Crippen LogP contribution in [-0.2, 0) is 9.59 Å². The Morgan fingerprint density at radius 2 is 1.26 bits per heavy atom. The molecule has 0 spiro atoms. The van der Waals surface area contributed by atoms with Gasteiger partial charge in [0.05, 0.1) is 10.1 Å². The lowest BCUT2D eigenvalue weighted by Crippen LogP contribution is -2.44. The zero-order chi connectivity index (χ0) is 26.7. The predicted octanol–water partition coefficient (Wildman–Crippen LogP) is 4.52. The number of carbonyl (C=O) groups is 2. The lowest BCUT2D eigenvalue weighted by atomic mass is 9.77. The second-order valence-electron chi connectivity index (χ2n) is 7.95. The Labute approximate surface area is 213 Å². The van der Waals surface area contributed by atoms with Crippen molar-refractivity contribution in [2.24, 2.45) is 0 Å². The molecular formula is C24H34B2F2N2O2S2. The SMILES string of the molecule is BC(F)(C(=C)C=C)C(=O)NC(=C)SC(=C)CCCCC(=C)SC(=C)NC(=O)C(B)(F)/C(C)=C/C. The van der Waals surface area contributed by atoms with E-state index in [9.17, 15) is 18.4 Å². The van der Waals surface area contributed by atoms with Crippen LogP contribution in [0.4, 0.5) is 8.78 Å². The number of allylic oxidation sites excluding steroid dienone is 4. The molecule has 2 unspecified atom stereocenters. The first-order valence-corrected chi connectivity index (χ1v) is 12.3. The summed E-state index contributed by atoms with van der Waals surface area (Å²) in [6.07, 6.45) is 5.67. The van der Waals surface area contributed by atoms with Crippen molar-refractivity contribution in [3.8, 4) is 0 Å². The molecule has 34 heavy (non-hydrogen) atoms. The van der Waals surface area contributed by atoms with Gasteiger partial charge in [0.25, 0.3) is 11.8 Å². The van der Waals surface area contributed by atoms with Gasteiger partial charge in [-0.1, -0.05) is 75.1 Å². The van der Waals surface area contributed by atoms with Crippen molar-refractivity contribution in [1.29, 1.82) is 0 Å². The quantitative estimate of drug-likeness (QED) is 0.140. The van der Waals surface area contributed by atoms with E-state index in [1.807, 2.05) is 0 Å². The van der Waals surface area contributed by atoms with Crippen LogP contribution in [0, 0.1) is 0 Å². The minimum absolute atomic E-state index is 0.0337. The molecule has 0 heterocycles. The van der Waals surface area contributed by atoms with Crippen LogP contribution in [0.5, 0.6) is 0 Å². The summed E-state index contributed by atoms with van der Waals surface area (Å²) in [6.45, 7) is 25.6. The van der Waals surface area contributed by atoms with Crippen LogP contribution < -0.4 is 10.6 Å². The van der Waals surface area contributed by atoms with Crippen molar-refractivity contribution in [2.75, 3.05) is 0 Å². The Hall–Kier alpha value is -2.19. The number of unbranched alkanes of at least 4 members (excludes halogenated alkanes) is 1. The largest absolute Gasteiger partial charge is 0.319 e. The Morgan fingerprint density at radius 3 is 1.62 bits per heavy atom. The summed E-state index contributed by atoms with van der Waals surface area (Å²) < 4.78 is 29.0. The molecule has 2 amide bonds. The van der Waals surface area contributed by atoms with Crippen molar-refractivity contribution < 1.29 is 18.4 Å². The Bertz CT molecular complexity index is 857. The monoisotopic (exact) mass is 506 g/mol. The second-order valence-corrected chi connectivity index (χ2v) is 10.5. The molecule has 0 aromatic rings. The van der Waals surface area contributed by atoms with E-state index in [4.69, 9.17) is 0 Å². The molecule has 0 saturated heterocycles. The van der Waals surface area contributed by atoms with Gasteiger partial charge in [-0.25, -0.2) is 8.78 Å². The third-order valence-electron chi connectivity index (χ3n) is 5.08. The average Bonchev–Trinajstić information content (AvgIpc) is 2.74. The van der Waals surface area contributed by atoms with Crippen LogP contribution >= 0.6 is 23.5 Å². The van der Waals surface area contributed by atoms with Crippen molar-refractivity contribution in [3.63, 3.8) is 0 Å². The number of nitrogens with one attached hydrogen (secondary N) is 2. The Kier molecular flexibility index (Phi) is 13.3. The van der Waals surface area contributed by atoms with Crippen LogP contribution in [0.25, 0.3) is 0 Å². The molecule has 0 bridgehead atoms. The Balaban J connectivity index is 4.35. The van der Waals surface area contributed by atoms with Gasteiger partial charge in [0.1, 0.15) is 0 Å². The van der Waals surface area contributed by atoms with Gasteiger partial charge in [-0.15, -0.1) is 0 Å². The molecule has 0 aliphatic carbocycles. The normalized spacial score (nSPS) is 14.6. The highest BCUT2D eigenvalue weighted by atomic mass is 32.2. The van der Waals surface area contributed by atoms with Crippen LogP contribution in [-0.4, -0.2) is 38.6 Å². The molecule has 4 nitrogen and oxygen atoms in total. The smallest absolute Gasteiger partial charge is 0.257 e. The van der Waals surface area contributed by atoms with Gasteiger partial charge >= 0.3 is 0 Å². The standard InChI is InChI=1S/C24H34B2F2N2O2S2/c1-9-15(3)23(25,27)21(31)29-19(7)33-17(5)13-11-12-14-18(6)34-20(8)30-22(32)24(26,28)16(4)10-2/h9-10H,1,3,5-8,11-14,25-26H2,2,4H3,(H,29,31)(H,30,32)/b16-10+. The maximum Gasteiger partial charge on any atom is 0.257 e. The molecule has 0 aliphatic rings. The van der Waals surface area contributed by atoms with Crippen LogP contribution in [0.3, 0.4) is 0 Å². The first kappa shape index (κ1) is 31.8. The van der Waals surface area contributed by atoms with Crippen molar-refractivity contribution >= 4 is 51.0 Å². The van der Waals surface area contributed by atoms with Crippen molar-refractivity contribution in [1.82, 2.24) is 10.6 Å². The average molecular weight is 506 g/mol. The fourth-order valence-corrected chi connectivity index (χ4v) is 3.90. The summed E-state index contributed by atoms with van der Waals surface area (Å²) in [5.74, 6) is -1.63. The van der Waals surface area contributed by atoms with Gasteiger partial charge in [0.15, 0.2) is 26.8 Å². The summed E-state index contributed by atoms with van der Waals surface area (Å²) in [4.78, 5) is 25.8. The number of amides is 2. The van der Waals surface area contributed by atoms with Gasteiger partial charge in [-0.2, -0.15) is 0 Å². The molecule has 0 saturated carbocycles. The van der Waals surface area contributed by atoms with Gasteiger partial charge in [0.2, 0.25) is 0 Å². The summed E-state index contributed by atoms with van der Waals surface area (Å²) in [7, 11) is 2.33. The maximum absolute atomic E-state index is 14.6. The molecule has 2 N–H and O–H groups in total. The van der Waals surface area contributed by atoms with Gasteiger partial charge in [-0.05, 0) is 60.5 Å². The second kappa shape index (κ2) is 14.3. The summed E-state index contributed by atoms with van der Waals surface area (Å²) in [6, 6.07) is 0. The zero-order valence-corrected chi connectivity index (χ0v) is 22.2.